The monoisotopic (exact) mass is 201 g/mol. The largest absolute Gasteiger partial charge is 0.395 e. The van der Waals surface area contributed by atoms with Crippen molar-refractivity contribution in [3.63, 3.8) is 0 Å². The average molecular weight is 201 g/mol. The van der Waals surface area contributed by atoms with E-state index in [9.17, 15) is 9.59 Å². The molecule has 0 aromatic heterocycles. The number of nitrogens with one attached hydrogen (secondary N) is 1. The van der Waals surface area contributed by atoms with Gasteiger partial charge in [-0.15, -0.1) is 0 Å². The molecule has 0 atom stereocenters. The van der Waals surface area contributed by atoms with Crippen molar-refractivity contribution in [3.8, 4) is 0 Å². The van der Waals surface area contributed by atoms with Gasteiger partial charge in [0.1, 0.15) is 0 Å². The zero-order valence-corrected chi connectivity index (χ0v) is 7.90. The highest BCUT2D eigenvalue weighted by atomic mass is 16.3. The van der Waals surface area contributed by atoms with Crippen molar-refractivity contribution >= 4 is 11.8 Å². The Labute approximate surface area is 82.0 Å². The summed E-state index contributed by atoms with van der Waals surface area (Å²) in [6.45, 7) is 0.0526. The summed E-state index contributed by atoms with van der Waals surface area (Å²) < 4.78 is 0. The number of hydrogen-bond acceptors (Lipinski definition) is 4. The van der Waals surface area contributed by atoms with Crippen LogP contribution in [0.5, 0.6) is 0 Å². The molecule has 6 heteroatoms. The van der Waals surface area contributed by atoms with E-state index in [1.807, 2.05) is 0 Å². The van der Waals surface area contributed by atoms with E-state index >= 15 is 0 Å². The number of nitrogens with zero attached hydrogens (tertiary/aromatic N) is 1. The maximum absolute atomic E-state index is 11.4. The van der Waals surface area contributed by atoms with E-state index in [-0.39, 0.29) is 19.2 Å². The van der Waals surface area contributed by atoms with Crippen molar-refractivity contribution in [2.24, 2.45) is 5.84 Å². The van der Waals surface area contributed by atoms with Gasteiger partial charge in [0.15, 0.2) is 0 Å². The molecule has 14 heavy (non-hydrogen) atoms. The molecule has 0 aromatic carbocycles. The van der Waals surface area contributed by atoms with Gasteiger partial charge in [-0.3, -0.25) is 15.0 Å². The van der Waals surface area contributed by atoms with Crippen LogP contribution in [0.4, 0.5) is 0 Å². The third-order valence-corrected chi connectivity index (χ3v) is 2.44. The Hall–Kier alpha value is -1.14. The Morgan fingerprint density at radius 3 is 2.50 bits per heavy atom. The van der Waals surface area contributed by atoms with Crippen molar-refractivity contribution in [2.75, 3.05) is 13.2 Å². The molecule has 0 aliphatic heterocycles. The third kappa shape index (κ3) is 2.21. The maximum Gasteiger partial charge on any atom is 0.323 e. The maximum atomic E-state index is 11.4. The molecule has 1 aliphatic carbocycles. The first-order valence-corrected chi connectivity index (χ1v) is 4.63. The summed E-state index contributed by atoms with van der Waals surface area (Å²) in [5.74, 6) is 3.37. The smallest absolute Gasteiger partial charge is 0.323 e. The van der Waals surface area contributed by atoms with Crippen molar-refractivity contribution in [2.45, 2.75) is 25.3 Å². The van der Waals surface area contributed by atoms with Gasteiger partial charge in [0.05, 0.1) is 6.61 Å². The van der Waals surface area contributed by atoms with Gasteiger partial charge in [-0.2, -0.15) is 0 Å². The summed E-state index contributed by atoms with van der Waals surface area (Å²) >= 11 is 0. The van der Waals surface area contributed by atoms with Crippen LogP contribution in [-0.2, 0) is 9.59 Å². The van der Waals surface area contributed by atoms with Crippen molar-refractivity contribution in [1.29, 1.82) is 0 Å². The quantitative estimate of drug-likeness (QED) is 0.220. The van der Waals surface area contributed by atoms with E-state index in [1.54, 1.807) is 5.43 Å². The summed E-state index contributed by atoms with van der Waals surface area (Å²) in [6, 6.07) is 0.0898. The minimum atomic E-state index is -0.828. The normalized spacial score (nSPS) is 15.9. The van der Waals surface area contributed by atoms with Gasteiger partial charge >= 0.3 is 11.8 Å². The second-order valence-electron chi connectivity index (χ2n) is 3.28. The zero-order chi connectivity index (χ0) is 10.6. The van der Waals surface area contributed by atoms with Gasteiger partial charge < -0.3 is 10.0 Å². The highest BCUT2D eigenvalue weighted by Crippen LogP contribution is 2.24. The fraction of sp³-hybridized carbons (Fsp3) is 0.750. The number of aliphatic hydroxyl groups is 1. The molecule has 2 amide bonds. The van der Waals surface area contributed by atoms with Gasteiger partial charge in [-0.25, -0.2) is 5.84 Å². The van der Waals surface area contributed by atoms with Gasteiger partial charge in [0.25, 0.3) is 0 Å². The molecule has 0 spiro atoms. The summed E-state index contributed by atoms with van der Waals surface area (Å²) in [5, 5.41) is 8.75. The van der Waals surface area contributed by atoms with E-state index < -0.39 is 11.8 Å². The molecule has 0 aromatic rings. The van der Waals surface area contributed by atoms with Gasteiger partial charge in [-0.05, 0) is 19.3 Å². The van der Waals surface area contributed by atoms with E-state index in [0.717, 1.165) is 19.3 Å². The van der Waals surface area contributed by atoms with Crippen LogP contribution in [0.15, 0.2) is 0 Å². The number of carbonyl (C=O) groups excluding carboxylic acids is 2. The van der Waals surface area contributed by atoms with Crippen LogP contribution in [0.3, 0.4) is 0 Å². The predicted octanol–water partition coefficient (Wildman–Crippen LogP) is -1.65. The molecule has 1 saturated carbocycles. The summed E-state index contributed by atoms with van der Waals surface area (Å²) in [4.78, 5) is 23.8. The first-order chi connectivity index (χ1) is 6.70. The highest BCUT2D eigenvalue weighted by molar-refractivity contribution is 6.34. The van der Waals surface area contributed by atoms with Crippen molar-refractivity contribution < 1.29 is 14.7 Å². The minimum absolute atomic E-state index is 0.0898. The van der Waals surface area contributed by atoms with Crippen LogP contribution < -0.4 is 11.3 Å². The molecule has 0 unspecified atom stereocenters. The topological polar surface area (TPSA) is 95.7 Å². The molecular formula is C8H15N3O3. The SMILES string of the molecule is NNC(=O)C(=O)N(CCO)C1CCC1. The Morgan fingerprint density at radius 1 is 1.50 bits per heavy atom. The lowest BCUT2D eigenvalue weighted by atomic mass is 9.91. The highest BCUT2D eigenvalue weighted by Gasteiger charge is 2.31. The van der Waals surface area contributed by atoms with Crippen molar-refractivity contribution in [3.05, 3.63) is 0 Å². The number of rotatable bonds is 3. The first-order valence-electron chi connectivity index (χ1n) is 4.63. The van der Waals surface area contributed by atoms with Gasteiger partial charge in [-0.1, -0.05) is 0 Å². The fourth-order valence-electron chi connectivity index (χ4n) is 1.45. The molecular weight excluding hydrogens is 186 g/mol. The number of amides is 2. The molecule has 80 valence electrons. The van der Waals surface area contributed by atoms with E-state index in [4.69, 9.17) is 10.9 Å². The Morgan fingerprint density at radius 2 is 2.14 bits per heavy atom. The molecule has 0 heterocycles. The lowest BCUT2D eigenvalue weighted by Gasteiger charge is -2.36. The molecule has 6 nitrogen and oxygen atoms in total. The lowest BCUT2D eigenvalue weighted by Crippen LogP contribution is -2.52. The van der Waals surface area contributed by atoms with Crippen LogP contribution in [0.1, 0.15) is 19.3 Å². The third-order valence-electron chi connectivity index (χ3n) is 2.44. The molecule has 0 saturated heterocycles. The molecule has 1 fully saturated rings. The predicted molar refractivity (Wildman–Crippen MR) is 48.8 cm³/mol. The number of aliphatic hydroxyl groups excluding tert-OH is 1. The van der Waals surface area contributed by atoms with Gasteiger partial charge in [0, 0.05) is 12.6 Å². The molecule has 0 radical (unpaired) electrons. The van der Waals surface area contributed by atoms with E-state index in [0.29, 0.717) is 0 Å². The molecule has 4 N–H and O–H groups in total. The number of hydrogen-bond donors (Lipinski definition) is 3. The average Bonchev–Trinajstić information content (AvgIpc) is 2.12. The zero-order valence-electron chi connectivity index (χ0n) is 7.90. The van der Waals surface area contributed by atoms with Crippen molar-refractivity contribution in [1.82, 2.24) is 10.3 Å². The minimum Gasteiger partial charge on any atom is -0.395 e. The van der Waals surface area contributed by atoms with E-state index in [1.165, 1.54) is 4.90 Å². The number of carbonyl (C=O) groups is 2. The molecule has 1 aliphatic rings. The van der Waals surface area contributed by atoms with Crippen LogP contribution in [-0.4, -0.2) is 41.0 Å². The Kier molecular flexibility index (Phi) is 3.84. The van der Waals surface area contributed by atoms with E-state index in [2.05, 4.69) is 0 Å². The Bertz CT molecular complexity index is 228. The summed E-state index contributed by atoms with van der Waals surface area (Å²) in [7, 11) is 0. The van der Waals surface area contributed by atoms with Crippen LogP contribution in [0.25, 0.3) is 0 Å². The number of hydrazine groups is 1. The second kappa shape index (κ2) is 4.92. The standard InChI is InChI=1S/C8H15N3O3/c9-10-7(13)8(14)11(4-5-12)6-2-1-3-6/h6,12H,1-5,9H2,(H,10,13). The van der Waals surface area contributed by atoms with Crippen LogP contribution >= 0.6 is 0 Å². The first kappa shape index (κ1) is 10.9. The lowest BCUT2D eigenvalue weighted by molar-refractivity contribution is -0.149. The molecule has 1 rings (SSSR count). The second-order valence-corrected chi connectivity index (χ2v) is 3.28. The van der Waals surface area contributed by atoms with Gasteiger partial charge in [0.2, 0.25) is 0 Å². The van der Waals surface area contributed by atoms with Crippen LogP contribution in [0, 0.1) is 0 Å². The molecule has 0 bridgehead atoms. The van der Waals surface area contributed by atoms with Crippen LogP contribution in [0.2, 0.25) is 0 Å². The Balaban J connectivity index is 2.56. The number of nitrogens with two attached hydrogens (primary N) is 1. The fourth-order valence-corrected chi connectivity index (χ4v) is 1.45. The summed E-state index contributed by atoms with van der Waals surface area (Å²) in [6.07, 6.45) is 2.84. The summed E-state index contributed by atoms with van der Waals surface area (Å²) in [5.41, 5.74) is 1.79.